The number of hydrogen-bond acceptors (Lipinski definition) is 3. The molecule has 4 atom stereocenters. The van der Waals surface area contributed by atoms with Gasteiger partial charge in [0.15, 0.2) is 0 Å². The summed E-state index contributed by atoms with van der Waals surface area (Å²) >= 11 is 0. The SMILES string of the molecule is CC(C)[C@]1(C(=O)NCc2cc(C(F)(F)F)cc(C(F)(F)F)c2)CC[C@@H](N2CCCC3COCCC32)C1. The third-order valence-electron chi connectivity index (χ3n) is 8.50. The zero-order chi connectivity index (χ0) is 26.3. The number of likely N-dealkylation sites (tertiary alicyclic amines) is 1. The van der Waals surface area contributed by atoms with E-state index in [-0.39, 0.29) is 29.5 Å². The highest BCUT2D eigenvalue weighted by molar-refractivity contribution is 5.83. The molecule has 4 rings (SSSR count). The number of nitrogens with one attached hydrogen (secondary N) is 1. The summed E-state index contributed by atoms with van der Waals surface area (Å²) in [6.45, 7) is 6.00. The summed E-state index contributed by atoms with van der Waals surface area (Å²) < 4.78 is 85.0. The van der Waals surface area contributed by atoms with Crippen molar-refractivity contribution >= 4 is 5.91 Å². The molecule has 1 saturated carbocycles. The molecule has 3 aliphatic rings. The predicted molar refractivity (Wildman–Crippen MR) is 122 cm³/mol. The molecule has 1 aliphatic carbocycles. The maximum atomic E-state index is 13.5. The average molecular weight is 521 g/mol. The zero-order valence-corrected chi connectivity index (χ0v) is 20.6. The van der Waals surface area contributed by atoms with Crippen LogP contribution in [0.1, 0.15) is 69.1 Å². The standard InChI is InChI=1S/C26H34F6N2O2/c1-16(2)24(7-5-21(13-24)34-8-3-4-18-15-36-9-6-22(18)34)23(35)33-14-17-10-19(25(27,28)29)12-20(11-17)26(30,31)32/h10-12,16,18,21-22H,3-9,13-15H2,1-2H3,(H,33,35)/t18?,21-,22?,24+/m1/s1. The maximum Gasteiger partial charge on any atom is 0.416 e. The summed E-state index contributed by atoms with van der Waals surface area (Å²) in [5.41, 5.74) is -3.69. The average Bonchev–Trinajstić information content (AvgIpc) is 3.28. The minimum atomic E-state index is -4.92. The number of benzene rings is 1. The van der Waals surface area contributed by atoms with Crippen molar-refractivity contribution < 1.29 is 35.9 Å². The molecule has 10 heteroatoms. The van der Waals surface area contributed by atoms with Gasteiger partial charge in [-0.2, -0.15) is 26.3 Å². The number of fused-ring (bicyclic) bond motifs is 1. The summed E-state index contributed by atoms with van der Waals surface area (Å²) in [5, 5.41) is 2.69. The van der Waals surface area contributed by atoms with Gasteiger partial charge in [-0.05, 0) is 80.7 Å². The molecule has 0 aromatic heterocycles. The molecule has 0 spiro atoms. The van der Waals surface area contributed by atoms with E-state index in [1.54, 1.807) is 0 Å². The summed E-state index contributed by atoms with van der Waals surface area (Å²) in [6.07, 6.45) is -4.53. The van der Waals surface area contributed by atoms with Crippen molar-refractivity contribution in [2.24, 2.45) is 17.3 Å². The molecule has 2 saturated heterocycles. The van der Waals surface area contributed by atoms with E-state index in [0.29, 0.717) is 36.9 Å². The lowest BCUT2D eigenvalue weighted by Gasteiger charge is -2.47. The van der Waals surface area contributed by atoms with Gasteiger partial charge in [-0.25, -0.2) is 0 Å². The molecule has 3 fully saturated rings. The Bertz CT molecular complexity index is 913. The molecule has 202 valence electrons. The number of piperidine rings is 1. The molecule has 1 amide bonds. The molecule has 2 heterocycles. The largest absolute Gasteiger partial charge is 0.416 e. The van der Waals surface area contributed by atoms with Crippen molar-refractivity contribution in [1.82, 2.24) is 10.2 Å². The number of hydrogen-bond donors (Lipinski definition) is 1. The zero-order valence-electron chi connectivity index (χ0n) is 20.6. The van der Waals surface area contributed by atoms with Crippen molar-refractivity contribution in [3.63, 3.8) is 0 Å². The molecule has 1 aromatic rings. The van der Waals surface area contributed by atoms with Gasteiger partial charge in [0.2, 0.25) is 5.91 Å². The van der Waals surface area contributed by atoms with Crippen LogP contribution in [0.4, 0.5) is 26.3 Å². The van der Waals surface area contributed by atoms with Crippen LogP contribution in [0.15, 0.2) is 18.2 Å². The number of ether oxygens (including phenoxy) is 1. The fraction of sp³-hybridized carbons (Fsp3) is 0.731. The third-order valence-corrected chi connectivity index (χ3v) is 8.50. The number of carbonyl (C=O) groups excluding carboxylic acids is 1. The molecule has 2 unspecified atom stereocenters. The molecule has 4 nitrogen and oxygen atoms in total. The molecule has 1 N–H and O–H groups in total. The number of halogens is 6. The lowest BCUT2D eigenvalue weighted by molar-refractivity contribution is -0.143. The second kappa shape index (κ2) is 10.2. The van der Waals surface area contributed by atoms with E-state index in [1.807, 2.05) is 13.8 Å². The van der Waals surface area contributed by atoms with E-state index in [1.165, 1.54) is 0 Å². The van der Waals surface area contributed by atoms with Gasteiger partial charge < -0.3 is 10.1 Å². The Balaban J connectivity index is 1.49. The quantitative estimate of drug-likeness (QED) is 0.482. The second-order valence-corrected chi connectivity index (χ2v) is 10.9. The predicted octanol–water partition coefficient (Wildman–Crippen LogP) is 6.04. The van der Waals surface area contributed by atoms with Gasteiger partial charge in [0.1, 0.15) is 0 Å². The van der Waals surface area contributed by atoms with E-state index in [0.717, 1.165) is 45.4 Å². The van der Waals surface area contributed by atoms with Crippen molar-refractivity contribution in [2.45, 2.75) is 83.4 Å². The van der Waals surface area contributed by atoms with Crippen LogP contribution in [-0.4, -0.2) is 42.6 Å². The van der Waals surface area contributed by atoms with Crippen LogP contribution >= 0.6 is 0 Å². The van der Waals surface area contributed by atoms with Crippen molar-refractivity contribution in [3.05, 3.63) is 34.9 Å². The second-order valence-electron chi connectivity index (χ2n) is 10.9. The van der Waals surface area contributed by atoms with Crippen LogP contribution in [0.3, 0.4) is 0 Å². The third kappa shape index (κ3) is 5.54. The number of rotatable bonds is 5. The van der Waals surface area contributed by atoms with Crippen LogP contribution in [0.25, 0.3) is 0 Å². The van der Waals surface area contributed by atoms with Gasteiger partial charge in [0.05, 0.1) is 23.1 Å². The van der Waals surface area contributed by atoms with Crippen molar-refractivity contribution in [1.29, 1.82) is 0 Å². The number of alkyl halides is 6. The lowest BCUT2D eigenvalue weighted by atomic mass is 9.74. The van der Waals surface area contributed by atoms with Crippen LogP contribution in [-0.2, 0) is 28.4 Å². The smallest absolute Gasteiger partial charge is 0.381 e. The maximum absolute atomic E-state index is 13.5. The lowest BCUT2D eigenvalue weighted by Crippen LogP contribution is -2.54. The Morgan fingerprint density at radius 1 is 1.08 bits per heavy atom. The first-order valence-electron chi connectivity index (χ1n) is 12.7. The summed E-state index contributed by atoms with van der Waals surface area (Å²) in [6, 6.07) is 2.12. The van der Waals surface area contributed by atoms with E-state index in [9.17, 15) is 31.1 Å². The normalized spacial score (nSPS) is 29.9. The molecule has 36 heavy (non-hydrogen) atoms. The van der Waals surface area contributed by atoms with Crippen molar-refractivity contribution in [2.75, 3.05) is 19.8 Å². The summed E-state index contributed by atoms with van der Waals surface area (Å²) in [5.74, 6) is 0.177. The summed E-state index contributed by atoms with van der Waals surface area (Å²) in [4.78, 5) is 16.0. The first kappa shape index (κ1) is 27.2. The Morgan fingerprint density at radius 3 is 2.36 bits per heavy atom. The molecule has 1 aromatic carbocycles. The topological polar surface area (TPSA) is 41.6 Å². The minimum absolute atomic E-state index is 0.0231. The van der Waals surface area contributed by atoms with Gasteiger partial charge in [-0.3, -0.25) is 9.69 Å². The Morgan fingerprint density at radius 2 is 1.75 bits per heavy atom. The van der Waals surface area contributed by atoms with Crippen LogP contribution < -0.4 is 5.32 Å². The van der Waals surface area contributed by atoms with Gasteiger partial charge in [0, 0.05) is 25.2 Å². The van der Waals surface area contributed by atoms with E-state index < -0.39 is 35.4 Å². The van der Waals surface area contributed by atoms with E-state index >= 15 is 0 Å². The molecule has 0 bridgehead atoms. The van der Waals surface area contributed by atoms with Gasteiger partial charge in [0.25, 0.3) is 0 Å². The van der Waals surface area contributed by atoms with Crippen LogP contribution in [0, 0.1) is 17.3 Å². The number of carbonyl (C=O) groups is 1. The fourth-order valence-electron chi connectivity index (χ4n) is 6.46. The van der Waals surface area contributed by atoms with Crippen LogP contribution in [0.2, 0.25) is 0 Å². The Labute approximate surface area is 207 Å². The first-order valence-corrected chi connectivity index (χ1v) is 12.7. The monoisotopic (exact) mass is 520 g/mol. The van der Waals surface area contributed by atoms with E-state index in [4.69, 9.17) is 4.74 Å². The Kier molecular flexibility index (Phi) is 7.68. The number of amides is 1. The molecule has 2 aliphatic heterocycles. The highest BCUT2D eigenvalue weighted by atomic mass is 19.4. The van der Waals surface area contributed by atoms with Crippen molar-refractivity contribution in [3.8, 4) is 0 Å². The van der Waals surface area contributed by atoms with Gasteiger partial charge in [-0.15, -0.1) is 0 Å². The molecular weight excluding hydrogens is 486 g/mol. The fourth-order valence-corrected chi connectivity index (χ4v) is 6.46. The Hall–Kier alpha value is -1.81. The highest BCUT2D eigenvalue weighted by Gasteiger charge is 2.50. The first-order chi connectivity index (χ1) is 16.8. The number of nitrogens with zero attached hydrogens (tertiary/aromatic N) is 1. The van der Waals surface area contributed by atoms with Gasteiger partial charge in [-0.1, -0.05) is 13.8 Å². The van der Waals surface area contributed by atoms with E-state index in [2.05, 4.69) is 10.2 Å². The van der Waals surface area contributed by atoms with Crippen LogP contribution in [0.5, 0.6) is 0 Å². The molecular formula is C26H34F6N2O2. The van der Waals surface area contributed by atoms with Gasteiger partial charge >= 0.3 is 12.4 Å². The highest BCUT2D eigenvalue weighted by Crippen LogP contribution is 2.48. The summed E-state index contributed by atoms with van der Waals surface area (Å²) in [7, 11) is 0. The minimum Gasteiger partial charge on any atom is -0.381 e. The molecule has 0 radical (unpaired) electrons.